The second-order valence-electron chi connectivity index (χ2n) is 4.90. The van der Waals surface area contributed by atoms with Crippen LogP contribution in [-0.2, 0) is 9.53 Å². The first-order chi connectivity index (χ1) is 9.57. The molecule has 0 aromatic heterocycles. The largest absolute Gasteiger partial charge is 0.383 e. The number of rotatable bonds is 6. The molecule has 4 N–H and O–H groups in total. The Balaban J connectivity index is 2.05. The van der Waals surface area contributed by atoms with Crippen LogP contribution < -0.4 is 16.4 Å². The monoisotopic (exact) mass is 277 g/mol. The third-order valence-electron chi connectivity index (χ3n) is 3.25. The van der Waals surface area contributed by atoms with Gasteiger partial charge >= 0.3 is 0 Å². The van der Waals surface area contributed by atoms with Crippen molar-refractivity contribution in [3.05, 3.63) is 29.8 Å². The van der Waals surface area contributed by atoms with Gasteiger partial charge in [0.05, 0.1) is 23.4 Å². The van der Waals surface area contributed by atoms with Crippen molar-refractivity contribution in [1.29, 1.82) is 0 Å². The number of nitrogens with two attached hydrogens (primary N) is 1. The summed E-state index contributed by atoms with van der Waals surface area (Å²) in [6.45, 7) is 0.852. The summed E-state index contributed by atoms with van der Waals surface area (Å²) in [6, 6.07) is 6.86. The molecule has 1 fully saturated rings. The molecule has 0 atom stereocenters. The van der Waals surface area contributed by atoms with E-state index in [0.29, 0.717) is 37.2 Å². The van der Waals surface area contributed by atoms with Crippen molar-refractivity contribution < 1.29 is 14.3 Å². The van der Waals surface area contributed by atoms with Crippen molar-refractivity contribution >= 4 is 17.5 Å². The lowest BCUT2D eigenvalue weighted by atomic mass is 10.1. The van der Waals surface area contributed by atoms with E-state index in [1.807, 2.05) is 0 Å². The minimum atomic E-state index is -0.764. The summed E-state index contributed by atoms with van der Waals surface area (Å²) in [5.74, 6) is -0.491. The zero-order valence-corrected chi connectivity index (χ0v) is 11.4. The number of ether oxygens (including phenoxy) is 1. The van der Waals surface area contributed by atoms with Gasteiger partial charge in [-0.3, -0.25) is 9.59 Å². The molecule has 1 aromatic carbocycles. The van der Waals surface area contributed by atoms with Gasteiger partial charge in [0.2, 0.25) is 5.91 Å². The number of para-hydroxylation sites is 1. The number of carbonyl (C=O) groups excluding carboxylic acids is 2. The minimum Gasteiger partial charge on any atom is -0.383 e. The summed E-state index contributed by atoms with van der Waals surface area (Å²) in [5, 5.41) is 5.45. The van der Waals surface area contributed by atoms with E-state index in [1.165, 1.54) is 0 Å². The fourth-order valence-corrected chi connectivity index (χ4v) is 1.76. The van der Waals surface area contributed by atoms with Gasteiger partial charge in [0.1, 0.15) is 0 Å². The van der Waals surface area contributed by atoms with Gasteiger partial charge in [-0.15, -0.1) is 0 Å². The Morgan fingerprint density at radius 3 is 2.70 bits per heavy atom. The first-order valence-corrected chi connectivity index (χ1v) is 6.53. The predicted molar refractivity (Wildman–Crippen MR) is 75.4 cm³/mol. The molecule has 0 saturated heterocycles. The normalized spacial score (nSPS) is 15.5. The molecule has 0 aliphatic heterocycles. The van der Waals surface area contributed by atoms with Crippen molar-refractivity contribution in [2.75, 3.05) is 25.6 Å². The molecule has 1 aliphatic carbocycles. The van der Waals surface area contributed by atoms with Crippen LogP contribution in [0.25, 0.3) is 0 Å². The standard InChI is InChI=1S/C14H19N3O3/c1-20-9-8-16-12(18)10-4-2-3-5-11(10)17-13(19)14(15)6-7-14/h2-5H,6-9,15H2,1H3,(H,16,18)(H,17,19). The van der Waals surface area contributed by atoms with Gasteiger partial charge in [-0.25, -0.2) is 0 Å². The van der Waals surface area contributed by atoms with E-state index in [-0.39, 0.29) is 11.8 Å². The molecule has 2 rings (SSSR count). The molecule has 0 heterocycles. The number of benzene rings is 1. The highest BCUT2D eigenvalue weighted by atomic mass is 16.5. The number of amides is 2. The molecule has 6 heteroatoms. The maximum atomic E-state index is 12.0. The summed E-state index contributed by atoms with van der Waals surface area (Å²) in [6.07, 6.45) is 1.36. The molecule has 1 saturated carbocycles. The fourth-order valence-electron chi connectivity index (χ4n) is 1.76. The summed E-state index contributed by atoms with van der Waals surface area (Å²) in [5.41, 5.74) is 5.96. The van der Waals surface area contributed by atoms with Crippen LogP contribution in [0.15, 0.2) is 24.3 Å². The van der Waals surface area contributed by atoms with E-state index in [9.17, 15) is 9.59 Å². The molecule has 0 radical (unpaired) electrons. The molecule has 20 heavy (non-hydrogen) atoms. The molecular weight excluding hydrogens is 258 g/mol. The van der Waals surface area contributed by atoms with Crippen LogP contribution in [0.1, 0.15) is 23.2 Å². The maximum absolute atomic E-state index is 12.0. The third kappa shape index (κ3) is 3.34. The lowest BCUT2D eigenvalue weighted by Crippen LogP contribution is -2.38. The van der Waals surface area contributed by atoms with E-state index in [4.69, 9.17) is 10.5 Å². The zero-order valence-electron chi connectivity index (χ0n) is 11.4. The Morgan fingerprint density at radius 2 is 2.05 bits per heavy atom. The number of carbonyl (C=O) groups is 2. The lowest BCUT2D eigenvalue weighted by Gasteiger charge is -2.13. The topological polar surface area (TPSA) is 93.5 Å². The first kappa shape index (κ1) is 14.5. The summed E-state index contributed by atoms with van der Waals surface area (Å²) >= 11 is 0. The number of anilines is 1. The van der Waals surface area contributed by atoms with Crippen LogP contribution in [0, 0.1) is 0 Å². The highest BCUT2D eigenvalue weighted by Crippen LogP contribution is 2.33. The molecule has 1 aliphatic rings. The van der Waals surface area contributed by atoms with Crippen molar-refractivity contribution in [3.63, 3.8) is 0 Å². The van der Waals surface area contributed by atoms with Crippen molar-refractivity contribution in [3.8, 4) is 0 Å². The number of hydrogen-bond acceptors (Lipinski definition) is 4. The second-order valence-corrected chi connectivity index (χ2v) is 4.90. The summed E-state index contributed by atoms with van der Waals surface area (Å²) in [4.78, 5) is 24.0. The molecule has 0 spiro atoms. The van der Waals surface area contributed by atoms with Crippen LogP contribution in [0.2, 0.25) is 0 Å². The number of nitrogens with one attached hydrogen (secondary N) is 2. The van der Waals surface area contributed by atoms with Gasteiger partial charge < -0.3 is 21.1 Å². The fraction of sp³-hybridized carbons (Fsp3) is 0.429. The molecule has 0 unspecified atom stereocenters. The maximum Gasteiger partial charge on any atom is 0.253 e. The van der Waals surface area contributed by atoms with E-state index in [1.54, 1.807) is 31.4 Å². The first-order valence-electron chi connectivity index (χ1n) is 6.53. The Bertz CT molecular complexity index is 512. The molecule has 0 bridgehead atoms. The van der Waals surface area contributed by atoms with Crippen molar-refractivity contribution in [2.24, 2.45) is 5.73 Å². The Morgan fingerprint density at radius 1 is 1.35 bits per heavy atom. The van der Waals surface area contributed by atoms with E-state index < -0.39 is 5.54 Å². The molecule has 108 valence electrons. The lowest BCUT2D eigenvalue weighted by molar-refractivity contribution is -0.118. The smallest absolute Gasteiger partial charge is 0.253 e. The third-order valence-corrected chi connectivity index (χ3v) is 3.25. The molecule has 1 aromatic rings. The van der Waals surface area contributed by atoms with Gasteiger partial charge in [-0.2, -0.15) is 0 Å². The van der Waals surface area contributed by atoms with E-state index in [2.05, 4.69) is 10.6 Å². The molecular formula is C14H19N3O3. The summed E-state index contributed by atoms with van der Waals surface area (Å²) in [7, 11) is 1.57. The Labute approximate surface area is 117 Å². The second kappa shape index (κ2) is 6.02. The van der Waals surface area contributed by atoms with Crippen LogP contribution >= 0.6 is 0 Å². The Kier molecular flexibility index (Phi) is 4.36. The van der Waals surface area contributed by atoms with Crippen LogP contribution in [0.4, 0.5) is 5.69 Å². The number of methoxy groups -OCH3 is 1. The quantitative estimate of drug-likeness (QED) is 0.660. The van der Waals surface area contributed by atoms with Gasteiger partial charge in [0, 0.05) is 13.7 Å². The average Bonchev–Trinajstić information content (AvgIpc) is 3.19. The van der Waals surface area contributed by atoms with Crippen LogP contribution in [-0.4, -0.2) is 37.6 Å². The van der Waals surface area contributed by atoms with Crippen molar-refractivity contribution in [1.82, 2.24) is 5.32 Å². The zero-order chi connectivity index (χ0) is 14.6. The minimum absolute atomic E-state index is 0.241. The van der Waals surface area contributed by atoms with Crippen molar-refractivity contribution in [2.45, 2.75) is 18.4 Å². The van der Waals surface area contributed by atoms with Gasteiger partial charge in [-0.1, -0.05) is 12.1 Å². The Hall–Kier alpha value is -1.92. The van der Waals surface area contributed by atoms with E-state index >= 15 is 0 Å². The van der Waals surface area contributed by atoms with Gasteiger partial charge in [0.25, 0.3) is 5.91 Å². The van der Waals surface area contributed by atoms with Crippen LogP contribution in [0.3, 0.4) is 0 Å². The molecule has 6 nitrogen and oxygen atoms in total. The predicted octanol–water partition coefficient (Wildman–Crippen LogP) is 0.493. The highest BCUT2D eigenvalue weighted by molar-refractivity contribution is 6.06. The number of hydrogen-bond donors (Lipinski definition) is 3. The average molecular weight is 277 g/mol. The molecule has 2 amide bonds. The van der Waals surface area contributed by atoms with Gasteiger partial charge in [0.15, 0.2) is 0 Å². The van der Waals surface area contributed by atoms with Crippen LogP contribution in [0.5, 0.6) is 0 Å². The SMILES string of the molecule is COCCNC(=O)c1ccccc1NC(=O)C1(N)CC1. The highest BCUT2D eigenvalue weighted by Gasteiger charge is 2.46. The summed E-state index contributed by atoms with van der Waals surface area (Å²) < 4.78 is 4.87. The van der Waals surface area contributed by atoms with Gasteiger partial charge in [-0.05, 0) is 25.0 Å². The van der Waals surface area contributed by atoms with E-state index in [0.717, 1.165) is 0 Å².